The van der Waals surface area contributed by atoms with E-state index in [2.05, 4.69) is 10.6 Å². The van der Waals surface area contributed by atoms with Crippen molar-refractivity contribution in [1.29, 1.82) is 0 Å². The quantitative estimate of drug-likeness (QED) is 0.815. The molecular formula is C17H24BClN2O3. The van der Waals surface area contributed by atoms with E-state index >= 15 is 0 Å². The SMILES string of the molecule is CC1(C)OB(c2ccc(C(=O)N[C@@H]3CCNC3)c(Cl)c2)OC1(C)C. The molecule has 5 nitrogen and oxygen atoms in total. The maximum absolute atomic E-state index is 12.4. The average molecular weight is 351 g/mol. The van der Waals surface area contributed by atoms with E-state index < -0.39 is 18.3 Å². The van der Waals surface area contributed by atoms with Crippen LogP contribution in [0, 0.1) is 0 Å². The third kappa shape index (κ3) is 3.33. The third-order valence-electron chi connectivity index (χ3n) is 5.16. The lowest BCUT2D eigenvalue weighted by atomic mass is 9.79. The van der Waals surface area contributed by atoms with Crippen molar-refractivity contribution in [1.82, 2.24) is 10.6 Å². The van der Waals surface area contributed by atoms with Crippen LogP contribution in [0.3, 0.4) is 0 Å². The Kier molecular flexibility index (Phi) is 4.68. The minimum absolute atomic E-state index is 0.144. The summed E-state index contributed by atoms with van der Waals surface area (Å²) < 4.78 is 12.0. The van der Waals surface area contributed by atoms with Gasteiger partial charge < -0.3 is 19.9 Å². The van der Waals surface area contributed by atoms with Crippen molar-refractivity contribution in [2.24, 2.45) is 0 Å². The summed E-state index contributed by atoms with van der Waals surface area (Å²) in [5.41, 5.74) is 0.479. The highest BCUT2D eigenvalue weighted by molar-refractivity contribution is 6.62. The molecule has 1 aromatic rings. The van der Waals surface area contributed by atoms with Gasteiger partial charge in [0.15, 0.2) is 0 Å². The molecule has 0 bridgehead atoms. The number of hydrogen-bond donors (Lipinski definition) is 2. The molecule has 0 unspecified atom stereocenters. The summed E-state index contributed by atoms with van der Waals surface area (Å²) in [7, 11) is -0.483. The molecule has 0 saturated carbocycles. The third-order valence-corrected chi connectivity index (χ3v) is 5.47. The molecule has 2 heterocycles. The number of rotatable bonds is 3. The molecule has 1 aromatic carbocycles. The van der Waals surface area contributed by atoms with Crippen molar-refractivity contribution in [3.05, 3.63) is 28.8 Å². The van der Waals surface area contributed by atoms with Crippen LogP contribution in [0.4, 0.5) is 0 Å². The van der Waals surface area contributed by atoms with E-state index in [4.69, 9.17) is 20.9 Å². The van der Waals surface area contributed by atoms with Crippen LogP contribution in [0.15, 0.2) is 18.2 Å². The summed E-state index contributed by atoms with van der Waals surface area (Å²) in [4.78, 5) is 12.4. The van der Waals surface area contributed by atoms with Crippen LogP contribution < -0.4 is 16.1 Å². The van der Waals surface area contributed by atoms with Gasteiger partial charge in [-0.3, -0.25) is 4.79 Å². The van der Waals surface area contributed by atoms with E-state index in [9.17, 15) is 4.79 Å². The number of amides is 1. The van der Waals surface area contributed by atoms with Gasteiger partial charge in [0.1, 0.15) is 0 Å². The summed E-state index contributed by atoms with van der Waals surface area (Å²) >= 11 is 6.34. The fourth-order valence-electron chi connectivity index (χ4n) is 2.88. The summed E-state index contributed by atoms with van der Waals surface area (Å²) in [6.45, 7) is 9.76. The first-order valence-electron chi connectivity index (χ1n) is 8.36. The van der Waals surface area contributed by atoms with Crippen molar-refractivity contribution >= 4 is 30.1 Å². The number of carbonyl (C=O) groups excluding carboxylic acids is 1. The predicted molar refractivity (Wildman–Crippen MR) is 95.9 cm³/mol. The Morgan fingerprint density at radius 1 is 1.29 bits per heavy atom. The molecule has 2 aliphatic heterocycles. The number of benzene rings is 1. The molecule has 0 spiro atoms. The molecule has 2 aliphatic rings. The fourth-order valence-corrected chi connectivity index (χ4v) is 3.16. The van der Waals surface area contributed by atoms with Crippen molar-refractivity contribution < 1.29 is 14.1 Å². The van der Waals surface area contributed by atoms with Crippen LogP contribution in [-0.2, 0) is 9.31 Å². The number of hydrogen-bond acceptors (Lipinski definition) is 4. The first kappa shape index (κ1) is 17.7. The predicted octanol–water partition coefficient (Wildman–Crippen LogP) is 1.73. The number of halogens is 1. The minimum atomic E-state index is -0.483. The second kappa shape index (κ2) is 6.34. The van der Waals surface area contributed by atoms with Gasteiger partial charge in [-0.15, -0.1) is 0 Å². The van der Waals surface area contributed by atoms with Crippen LogP contribution >= 0.6 is 11.6 Å². The first-order chi connectivity index (χ1) is 11.2. The average Bonchev–Trinajstić information content (AvgIpc) is 3.05. The highest BCUT2D eigenvalue weighted by Crippen LogP contribution is 2.36. The van der Waals surface area contributed by atoms with Gasteiger partial charge in [0.25, 0.3) is 5.91 Å². The zero-order valence-electron chi connectivity index (χ0n) is 14.6. The molecule has 3 rings (SSSR count). The molecule has 1 amide bonds. The van der Waals surface area contributed by atoms with E-state index in [1.807, 2.05) is 33.8 Å². The summed E-state index contributed by atoms with van der Waals surface area (Å²) in [6.07, 6.45) is 0.940. The lowest BCUT2D eigenvalue weighted by molar-refractivity contribution is 0.00578. The molecular weight excluding hydrogens is 326 g/mol. The lowest BCUT2D eigenvalue weighted by Crippen LogP contribution is -2.41. The Balaban J connectivity index is 1.74. The number of carbonyl (C=O) groups is 1. The monoisotopic (exact) mass is 350 g/mol. The Morgan fingerprint density at radius 2 is 1.96 bits per heavy atom. The highest BCUT2D eigenvalue weighted by Gasteiger charge is 2.51. The molecule has 2 N–H and O–H groups in total. The van der Waals surface area contributed by atoms with Gasteiger partial charge in [0.2, 0.25) is 0 Å². The van der Waals surface area contributed by atoms with Crippen LogP contribution in [0.25, 0.3) is 0 Å². The van der Waals surface area contributed by atoms with Gasteiger partial charge >= 0.3 is 7.12 Å². The van der Waals surface area contributed by atoms with Crippen molar-refractivity contribution in [3.8, 4) is 0 Å². The lowest BCUT2D eigenvalue weighted by Gasteiger charge is -2.32. The minimum Gasteiger partial charge on any atom is -0.399 e. The normalized spacial score (nSPS) is 25.0. The molecule has 7 heteroatoms. The van der Waals surface area contributed by atoms with Gasteiger partial charge in [-0.1, -0.05) is 17.7 Å². The molecule has 130 valence electrons. The molecule has 0 radical (unpaired) electrons. The van der Waals surface area contributed by atoms with Gasteiger partial charge in [0, 0.05) is 12.6 Å². The molecule has 2 saturated heterocycles. The van der Waals surface area contributed by atoms with E-state index in [1.54, 1.807) is 12.1 Å². The Labute approximate surface area is 148 Å². The fraction of sp³-hybridized carbons (Fsp3) is 0.588. The van der Waals surface area contributed by atoms with Gasteiger partial charge in [-0.25, -0.2) is 0 Å². The molecule has 1 atom stereocenters. The molecule has 24 heavy (non-hydrogen) atoms. The number of nitrogens with one attached hydrogen (secondary N) is 2. The van der Waals surface area contributed by atoms with E-state index in [0.717, 1.165) is 25.0 Å². The van der Waals surface area contributed by atoms with Crippen molar-refractivity contribution in [3.63, 3.8) is 0 Å². The molecule has 2 fully saturated rings. The van der Waals surface area contributed by atoms with Crippen LogP contribution in [0.2, 0.25) is 5.02 Å². The smallest absolute Gasteiger partial charge is 0.399 e. The Hall–Kier alpha value is -1.08. The largest absolute Gasteiger partial charge is 0.494 e. The Bertz CT molecular complexity index is 629. The van der Waals surface area contributed by atoms with Crippen LogP contribution in [0.5, 0.6) is 0 Å². The van der Waals surface area contributed by atoms with Crippen molar-refractivity contribution in [2.75, 3.05) is 13.1 Å². The van der Waals surface area contributed by atoms with Gasteiger partial charge in [-0.05, 0) is 58.3 Å². The maximum Gasteiger partial charge on any atom is 0.494 e. The standard InChI is InChI=1S/C17H24BClN2O3/c1-16(2)17(3,4)24-18(23-16)11-5-6-13(14(19)9-11)15(22)21-12-7-8-20-10-12/h5-6,9,12,20H,7-8,10H2,1-4H3,(H,21,22)/t12-/m1/s1. The van der Waals surface area contributed by atoms with Gasteiger partial charge in [-0.2, -0.15) is 0 Å². The van der Waals surface area contributed by atoms with Crippen LogP contribution in [0.1, 0.15) is 44.5 Å². The van der Waals surface area contributed by atoms with Crippen molar-refractivity contribution in [2.45, 2.75) is 51.4 Å². The Morgan fingerprint density at radius 3 is 2.50 bits per heavy atom. The summed E-state index contributed by atoms with van der Waals surface area (Å²) in [5, 5.41) is 6.64. The second-order valence-corrected chi connectivity index (χ2v) is 7.90. The summed E-state index contributed by atoms with van der Waals surface area (Å²) in [5.74, 6) is -0.144. The van der Waals surface area contributed by atoms with Gasteiger partial charge in [0.05, 0.1) is 21.8 Å². The zero-order chi connectivity index (χ0) is 17.5. The van der Waals surface area contributed by atoms with E-state index in [0.29, 0.717) is 10.6 Å². The highest BCUT2D eigenvalue weighted by atomic mass is 35.5. The molecule has 0 aromatic heterocycles. The second-order valence-electron chi connectivity index (χ2n) is 7.49. The van der Waals surface area contributed by atoms with Crippen LogP contribution in [-0.4, -0.2) is 43.4 Å². The molecule has 0 aliphatic carbocycles. The maximum atomic E-state index is 12.4. The first-order valence-corrected chi connectivity index (χ1v) is 8.74. The zero-order valence-corrected chi connectivity index (χ0v) is 15.4. The topological polar surface area (TPSA) is 59.6 Å². The van der Waals surface area contributed by atoms with E-state index in [-0.39, 0.29) is 11.9 Å². The summed E-state index contributed by atoms with van der Waals surface area (Å²) in [6, 6.07) is 5.50. The van der Waals surface area contributed by atoms with E-state index in [1.165, 1.54) is 0 Å².